The summed E-state index contributed by atoms with van der Waals surface area (Å²) in [6, 6.07) is 17.4. The van der Waals surface area contributed by atoms with Crippen LogP contribution >= 0.6 is 0 Å². The maximum Gasteiger partial charge on any atom is 0.130 e. The number of rotatable bonds is 10. The van der Waals surface area contributed by atoms with E-state index in [4.69, 9.17) is 4.74 Å². The number of imidazole rings is 1. The SMILES string of the molecule is Cn1ccnc1[C@@H](NC[C@H](O)COC(c1ccc(F)cc1)c1ccc(F)cc1)c1ccc(F)cc1. The molecule has 2 N–H and O–H groups in total. The minimum atomic E-state index is -0.901. The van der Waals surface area contributed by atoms with E-state index in [2.05, 4.69) is 10.3 Å². The zero-order chi connectivity index (χ0) is 24.8. The molecule has 182 valence electrons. The summed E-state index contributed by atoms with van der Waals surface area (Å²) < 4.78 is 48.2. The minimum Gasteiger partial charge on any atom is -0.389 e. The Morgan fingerprint density at radius 2 is 1.31 bits per heavy atom. The van der Waals surface area contributed by atoms with E-state index in [9.17, 15) is 18.3 Å². The standard InChI is InChI=1S/C27H26F3N3O2/c1-33-15-14-31-27(33)25(18-2-8-21(28)9-3-18)32-16-24(34)17-35-26(19-4-10-22(29)11-5-19)20-6-12-23(30)13-7-20/h2-15,24-26,32,34H,16-17H2,1H3/t24-,25-/m0/s1. The first-order valence-corrected chi connectivity index (χ1v) is 11.2. The summed E-state index contributed by atoms with van der Waals surface area (Å²) in [5, 5.41) is 14.0. The van der Waals surface area contributed by atoms with E-state index < -0.39 is 12.2 Å². The van der Waals surface area contributed by atoms with Crippen molar-refractivity contribution in [3.8, 4) is 0 Å². The first-order valence-electron chi connectivity index (χ1n) is 11.2. The van der Waals surface area contributed by atoms with Crippen molar-refractivity contribution in [3.05, 3.63) is 125 Å². The zero-order valence-corrected chi connectivity index (χ0v) is 19.1. The molecule has 35 heavy (non-hydrogen) atoms. The molecule has 0 bridgehead atoms. The molecule has 8 heteroatoms. The second-order valence-corrected chi connectivity index (χ2v) is 8.26. The number of hydrogen-bond acceptors (Lipinski definition) is 4. The zero-order valence-electron chi connectivity index (χ0n) is 19.1. The number of aliphatic hydroxyl groups is 1. The van der Waals surface area contributed by atoms with Gasteiger partial charge in [0.2, 0.25) is 0 Å². The van der Waals surface area contributed by atoms with E-state index in [0.29, 0.717) is 17.0 Å². The van der Waals surface area contributed by atoms with Crippen molar-refractivity contribution in [2.24, 2.45) is 7.05 Å². The average Bonchev–Trinajstić information content (AvgIpc) is 3.28. The molecule has 5 nitrogen and oxygen atoms in total. The largest absolute Gasteiger partial charge is 0.389 e. The molecule has 0 spiro atoms. The van der Waals surface area contributed by atoms with Gasteiger partial charge in [-0.05, 0) is 53.1 Å². The molecule has 1 heterocycles. The van der Waals surface area contributed by atoms with E-state index in [0.717, 1.165) is 5.56 Å². The van der Waals surface area contributed by atoms with Crippen molar-refractivity contribution in [3.63, 3.8) is 0 Å². The molecule has 1 aromatic heterocycles. The monoisotopic (exact) mass is 481 g/mol. The molecule has 0 aliphatic heterocycles. The first-order chi connectivity index (χ1) is 16.9. The lowest BCUT2D eigenvalue weighted by Crippen LogP contribution is -2.35. The fraction of sp³-hybridized carbons (Fsp3) is 0.222. The first kappa shape index (κ1) is 24.7. The number of ether oxygens (including phenoxy) is 1. The quantitative estimate of drug-likeness (QED) is 0.345. The fourth-order valence-electron chi connectivity index (χ4n) is 3.85. The van der Waals surface area contributed by atoms with Crippen molar-refractivity contribution >= 4 is 0 Å². The molecule has 0 saturated heterocycles. The van der Waals surface area contributed by atoms with Gasteiger partial charge in [-0.3, -0.25) is 0 Å². The van der Waals surface area contributed by atoms with Gasteiger partial charge in [0.05, 0.1) is 18.8 Å². The maximum absolute atomic E-state index is 13.4. The van der Waals surface area contributed by atoms with E-state index in [1.54, 1.807) is 42.6 Å². The third-order valence-corrected chi connectivity index (χ3v) is 5.68. The van der Waals surface area contributed by atoms with Crippen LogP contribution in [0.5, 0.6) is 0 Å². The summed E-state index contributed by atoms with van der Waals surface area (Å²) in [6.45, 7) is 0.123. The fourth-order valence-corrected chi connectivity index (χ4v) is 3.85. The lowest BCUT2D eigenvalue weighted by atomic mass is 10.0. The lowest BCUT2D eigenvalue weighted by molar-refractivity contribution is 0.00585. The molecule has 0 unspecified atom stereocenters. The summed E-state index contributed by atoms with van der Waals surface area (Å²) >= 11 is 0. The van der Waals surface area contributed by atoms with E-state index >= 15 is 0 Å². The van der Waals surface area contributed by atoms with Crippen LogP contribution < -0.4 is 5.32 Å². The van der Waals surface area contributed by atoms with Crippen LogP contribution in [0, 0.1) is 17.5 Å². The lowest BCUT2D eigenvalue weighted by Gasteiger charge is -2.24. The number of aliphatic hydroxyl groups excluding tert-OH is 1. The highest BCUT2D eigenvalue weighted by Gasteiger charge is 2.21. The van der Waals surface area contributed by atoms with Crippen molar-refractivity contribution in [2.75, 3.05) is 13.2 Å². The molecule has 0 fully saturated rings. The van der Waals surface area contributed by atoms with Gasteiger partial charge in [-0.1, -0.05) is 36.4 Å². The van der Waals surface area contributed by atoms with Crippen LogP contribution in [0.2, 0.25) is 0 Å². The van der Waals surface area contributed by atoms with Crippen molar-refractivity contribution in [2.45, 2.75) is 18.2 Å². The van der Waals surface area contributed by atoms with Gasteiger partial charge >= 0.3 is 0 Å². The van der Waals surface area contributed by atoms with Crippen LogP contribution in [0.3, 0.4) is 0 Å². The highest BCUT2D eigenvalue weighted by atomic mass is 19.1. The maximum atomic E-state index is 13.4. The van der Waals surface area contributed by atoms with Gasteiger partial charge in [-0.15, -0.1) is 0 Å². The predicted octanol–water partition coefficient (Wildman–Crippen LogP) is 4.68. The highest BCUT2D eigenvalue weighted by Crippen LogP contribution is 2.27. The number of aromatic nitrogens is 2. The Kier molecular flexibility index (Phi) is 7.97. The van der Waals surface area contributed by atoms with Gasteiger partial charge < -0.3 is 19.7 Å². The second kappa shape index (κ2) is 11.3. The molecule has 4 aromatic rings. The molecule has 0 aliphatic rings. The molecule has 0 amide bonds. The third-order valence-electron chi connectivity index (χ3n) is 5.68. The normalized spacial score (nSPS) is 13.2. The van der Waals surface area contributed by atoms with E-state index in [1.807, 2.05) is 17.8 Å². The Morgan fingerprint density at radius 3 is 1.77 bits per heavy atom. The van der Waals surface area contributed by atoms with Gasteiger partial charge in [0, 0.05) is 26.0 Å². The number of nitrogens with one attached hydrogen (secondary N) is 1. The summed E-state index contributed by atoms with van der Waals surface area (Å²) in [7, 11) is 1.86. The second-order valence-electron chi connectivity index (χ2n) is 8.26. The number of hydrogen-bond donors (Lipinski definition) is 2. The molecule has 3 aromatic carbocycles. The summed E-state index contributed by atoms with van der Waals surface area (Å²) in [5.41, 5.74) is 2.15. The van der Waals surface area contributed by atoms with Gasteiger partial charge in [0.1, 0.15) is 29.4 Å². The van der Waals surface area contributed by atoms with Gasteiger partial charge in [0.25, 0.3) is 0 Å². The molecule has 2 atom stereocenters. The molecule has 0 saturated carbocycles. The number of aryl methyl sites for hydroxylation is 1. The third kappa shape index (κ3) is 6.36. The van der Waals surface area contributed by atoms with Crippen LogP contribution in [0.4, 0.5) is 13.2 Å². The minimum absolute atomic E-state index is 0.0386. The van der Waals surface area contributed by atoms with Crippen LogP contribution in [-0.2, 0) is 11.8 Å². The van der Waals surface area contributed by atoms with Crippen molar-refractivity contribution < 1.29 is 23.0 Å². The topological polar surface area (TPSA) is 59.3 Å². The molecule has 0 aliphatic carbocycles. The van der Waals surface area contributed by atoms with Crippen LogP contribution in [0.25, 0.3) is 0 Å². The van der Waals surface area contributed by atoms with Gasteiger partial charge in [-0.25, -0.2) is 18.2 Å². The summed E-state index contributed by atoms with van der Waals surface area (Å²) in [5.74, 6) is -0.387. The summed E-state index contributed by atoms with van der Waals surface area (Å²) in [6.07, 6.45) is 1.96. The number of benzene rings is 3. The molecular formula is C27H26F3N3O2. The molecular weight excluding hydrogens is 455 g/mol. The van der Waals surface area contributed by atoms with Crippen molar-refractivity contribution in [1.29, 1.82) is 0 Å². The van der Waals surface area contributed by atoms with Gasteiger partial charge in [-0.2, -0.15) is 0 Å². The Labute approximate surface area is 201 Å². The van der Waals surface area contributed by atoms with Crippen LogP contribution in [0.15, 0.2) is 85.2 Å². The number of halogens is 3. The predicted molar refractivity (Wildman–Crippen MR) is 126 cm³/mol. The molecule has 4 rings (SSSR count). The van der Waals surface area contributed by atoms with Gasteiger partial charge in [0.15, 0.2) is 0 Å². The van der Waals surface area contributed by atoms with Crippen LogP contribution in [0.1, 0.15) is 34.7 Å². The highest BCUT2D eigenvalue weighted by molar-refractivity contribution is 5.31. The Bertz CT molecular complexity index is 1170. The Hall–Kier alpha value is -3.46. The number of nitrogens with zero attached hydrogens (tertiary/aromatic N) is 2. The smallest absolute Gasteiger partial charge is 0.130 e. The molecule has 0 radical (unpaired) electrons. The Morgan fingerprint density at radius 1 is 0.829 bits per heavy atom. The van der Waals surface area contributed by atoms with Crippen LogP contribution in [-0.4, -0.2) is 33.9 Å². The van der Waals surface area contributed by atoms with E-state index in [1.165, 1.54) is 36.4 Å². The van der Waals surface area contributed by atoms with Crippen molar-refractivity contribution in [1.82, 2.24) is 14.9 Å². The summed E-state index contributed by atoms with van der Waals surface area (Å²) in [4.78, 5) is 4.39. The Balaban J connectivity index is 1.45. The van der Waals surface area contributed by atoms with E-state index in [-0.39, 0.29) is 36.6 Å². The average molecular weight is 482 g/mol.